The van der Waals surface area contributed by atoms with Gasteiger partial charge in [-0.2, -0.15) is 0 Å². The molecule has 4 nitrogen and oxygen atoms in total. The van der Waals surface area contributed by atoms with Crippen LogP contribution in [0.4, 0.5) is 0 Å². The predicted molar refractivity (Wildman–Crippen MR) is 60.2 cm³/mol. The van der Waals surface area contributed by atoms with E-state index in [2.05, 4.69) is 26.7 Å². The molecule has 0 aliphatic rings. The second kappa shape index (κ2) is 4.72. The minimum atomic E-state index is 0.488. The van der Waals surface area contributed by atoms with Crippen LogP contribution in [0, 0.1) is 0 Å². The zero-order valence-corrected chi connectivity index (χ0v) is 9.92. The van der Waals surface area contributed by atoms with Crippen LogP contribution in [0.15, 0.2) is 12.4 Å². The number of imidazole rings is 1. The van der Waals surface area contributed by atoms with Crippen molar-refractivity contribution in [3.05, 3.63) is 27.7 Å². The molecule has 0 atom stereocenters. The maximum Gasteiger partial charge on any atom is 0.207 e. The van der Waals surface area contributed by atoms with E-state index < -0.39 is 0 Å². The highest BCUT2D eigenvalue weighted by Crippen LogP contribution is 2.16. The van der Waals surface area contributed by atoms with E-state index in [1.54, 1.807) is 0 Å². The Hall–Kier alpha value is -0.940. The van der Waals surface area contributed by atoms with Gasteiger partial charge in [-0.15, -0.1) is 10.2 Å². The summed E-state index contributed by atoms with van der Waals surface area (Å²) in [4.78, 5) is 4.30. The molecule has 0 aliphatic carbocycles. The lowest BCUT2D eigenvalue weighted by atomic mass is 10.3. The second-order valence-corrected chi connectivity index (χ2v) is 4.81. The van der Waals surface area contributed by atoms with Crippen molar-refractivity contribution >= 4 is 22.9 Å². The quantitative estimate of drug-likeness (QED) is 0.827. The van der Waals surface area contributed by atoms with Gasteiger partial charge in [-0.25, -0.2) is 4.98 Å². The molecule has 80 valence electrons. The summed E-state index contributed by atoms with van der Waals surface area (Å²) in [7, 11) is 0. The predicted octanol–water partition coefficient (Wildman–Crippen LogP) is 2.39. The maximum absolute atomic E-state index is 5.72. The summed E-state index contributed by atoms with van der Waals surface area (Å²) in [6.45, 7) is 2.85. The van der Waals surface area contributed by atoms with Crippen LogP contribution in [0.1, 0.15) is 24.2 Å². The van der Waals surface area contributed by atoms with Crippen molar-refractivity contribution in [2.24, 2.45) is 0 Å². The molecule has 0 unspecified atom stereocenters. The fraction of sp³-hybridized carbons (Fsp3) is 0.444. The van der Waals surface area contributed by atoms with Gasteiger partial charge in [-0.1, -0.05) is 18.3 Å². The lowest BCUT2D eigenvalue weighted by Crippen LogP contribution is -2.03. The van der Waals surface area contributed by atoms with Crippen LogP contribution >= 0.6 is 22.9 Å². The first-order chi connectivity index (χ1) is 7.29. The van der Waals surface area contributed by atoms with Gasteiger partial charge in [0.15, 0.2) is 0 Å². The van der Waals surface area contributed by atoms with Gasteiger partial charge >= 0.3 is 0 Å². The van der Waals surface area contributed by atoms with Crippen molar-refractivity contribution in [1.29, 1.82) is 0 Å². The summed E-state index contributed by atoms with van der Waals surface area (Å²) >= 11 is 7.13. The number of halogens is 1. The zero-order chi connectivity index (χ0) is 10.7. The Morgan fingerprint density at radius 2 is 2.33 bits per heavy atom. The molecule has 6 heteroatoms. The first-order valence-electron chi connectivity index (χ1n) is 4.77. The van der Waals surface area contributed by atoms with Crippen LogP contribution in [0.5, 0.6) is 0 Å². The largest absolute Gasteiger partial charge is 0.328 e. The molecule has 15 heavy (non-hydrogen) atoms. The molecule has 0 spiro atoms. The van der Waals surface area contributed by atoms with Crippen LogP contribution in [0.2, 0.25) is 4.47 Å². The molecule has 2 aromatic rings. The molecule has 0 fully saturated rings. The van der Waals surface area contributed by atoms with Crippen LogP contribution in [0.3, 0.4) is 0 Å². The average molecular weight is 243 g/mol. The van der Waals surface area contributed by atoms with E-state index in [0.29, 0.717) is 11.0 Å². The van der Waals surface area contributed by atoms with Crippen molar-refractivity contribution in [3.8, 4) is 0 Å². The fourth-order valence-corrected chi connectivity index (χ4v) is 2.24. The van der Waals surface area contributed by atoms with E-state index in [9.17, 15) is 0 Å². The third-order valence-electron chi connectivity index (χ3n) is 2.02. The van der Waals surface area contributed by atoms with E-state index >= 15 is 0 Å². The van der Waals surface area contributed by atoms with Gasteiger partial charge in [0.25, 0.3) is 0 Å². The minimum absolute atomic E-state index is 0.488. The van der Waals surface area contributed by atoms with Crippen molar-refractivity contribution in [1.82, 2.24) is 19.7 Å². The third kappa shape index (κ3) is 2.54. The molecule has 0 bridgehead atoms. The van der Waals surface area contributed by atoms with E-state index in [4.69, 9.17) is 11.6 Å². The fourth-order valence-electron chi connectivity index (χ4n) is 1.38. The maximum atomic E-state index is 5.72. The van der Waals surface area contributed by atoms with Crippen LogP contribution in [-0.4, -0.2) is 19.7 Å². The van der Waals surface area contributed by atoms with Crippen molar-refractivity contribution in [2.45, 2.75) is 26.3 Å². The first-order valence-corrected chi connectivity index (χ1v) is 5.97. The van der Waals surface area contributed by atoms with Gasteiger partial charge in [0, 0.05) is 18.8 Å². The average Bonchev–Trinajstić information content (AvgIpc) is 2.78. The highest BCUT2D eigenvalue weighted by atomic mass is 35.5. The summed E-state index contributed by atoms with van der Waals surface area (Å²) in [5.41, 5.74) is 0. The molecule has 0 amide bonds. The highest BCUT2D eigenvalue weighted by Gasteiger charge is 2.06. The SMILES string of the molecule is CCCc1nccn1Cc1nnc(Cl)s1. The summed E-state index contributed by atoms with van der Waals surface area (Å²) in [6, 6.07) is 0. The Balaban J connectivity index is 2.13. The Kier molecular flexibility index (Phi) is 3.33. The molecule has 0 saturated carbocycles. The van der Waals surface area contributed by atoms with Crippen molar-refractivity contribution < 1.29 is 0 Å². The zero-order valence-electron chi connectivity index (χ0n) is 8.35. The van der Waals surface area contributed by atoms with Gasteiger partial charge in [-0.3, -0.25) is 0 Å². The number of hydrogen-bond acceptors (Lipinski definition) is 4. The summed E-state index contributed by atoms with van der Waals surface area (Å²) in [6.07, 6.45) is 5.85. The van der Waals surface area contributed by atoms with E-state index in [0.717, 1.165) is 23.7 Å². The van der Waals surface area contributed by atoms with Crippen LogP contribution in [0.25, 0.3) is 0 Å². The van der Waals surface area contributed by atoms with Crippen molar-refractivity contribution in [3.63, 3.8) is 0 Å². The van der Waals surface area contributed by atoms with Crippen LogP contribution < -0.4 is 0 Å². The Bertz CT molecular complexity index is 437. The number of aromatic nitrogens is 4. The monoisotopic (exact) mass is 242 g/mol. The minimum Gasteiger partial charge on any atom is -0.328 e. The molecule has 0 radical (unpaired) electrons. The van der Waals surface area contributed by atoms with Gasteiger partial charge in [-0.05, 0) is 18.0 Å². The van der Waals surface area contributed by atoms with Gasteiger partial charge in [0.05, 0.1) is 6.54 Å². The third-order valence-corrected chi connectivity index (χ3v) is 3.03. The smallest absolute Gasteiger partial charge is 0.207 e. The first kappa shape index (κ1) is 10.6. The second-order valence-electron chi connectivity index (χ2n) is 3.17. The van der Waals surface area contributed by atoms with E-state index in [1.165, 1.54) is 11.3 Å². The topological polar surface area (TPSA) is 43.6 Å². The lowest BCUT2D eigenvalue weighted by Gasteiger charge is -2.03. The highest BCUT2D eigenvalue weighted by molar-refractivity contribution is 7.15. The number of hydrogen-bond donors (Lipinski definition) is 0. The number of nitrogens with zero attached hydrogens (tertiary/aromatic N) is 4. The summed E-state index contributed by atoms with van der Waals surface area (Å²) in [5.74, 6) is 1.09. The molecule has 0 N–H and O–H groups in total. The van der Waals surface area contributed by atoms with E-state index in [1.807, 2.05) is 12.4 Å². The molecule has 2 aromatic heterocycles. The Morgan fingerprint density at radius 1 is 1.47 bits per heavy atom. The molecular formula is C9H11ClN4S. The standard InChI is InChI=1S/C9H11ClN4S/c1-2-3-7-11-4-5-14(7)6-8-12-13-9(10)15-8/h4-5H,2-3,6H2,1H3. The Morgan fingerprint density at radius 3 is 3.00 bits per heavy atom. The van der Waals surface area contributed by atoms with Crippen molar-refractivity contribution in [2.75, 3.05) is 0 Å². The number of aryl methyl sites for hydroxylation is 1. The molecule has 0 saturated heterocycles. The molecular weight excluding hydrogens is 232 g/mol. The molecule has 0 aromatic carbocycles. The van der Waals surface area contributed by atoms with Crippen LogP contribution in [-0.2, 0) is 13.0 Å². The molecule has 2 rings (SSSR count). The summed E-state index contributed by atoms with van der Waals surface area (Å²) < 4.78 is 2.57. The number of rotatable bonds is 4. The normalized spacial score (nSPS) is 10.8. The lowest BCUT2D eigenvalue weighted by molar-refractivity contribution is 0.697. The van der Waals surface area contributed by atoms with Gasteiger partial charge in [0.2, 0.25) is 4.47 Å². The van der Waals surface area contributed by atoms with Gasteiger partial charge < -0.3 is 4.57 Å². The van der Waals surface area contributed by atoms with E-state index in [-0.39, 0.29) is 0 Å². The molecule has 0 aliphatic heterocycles. The molecule has 2 heterocycles. The van der Waals surface area contributed by atoms with Gasteiger partial charge in [0.1, 0.15) is 10.8 Å². The summed E-state index contributed by atoms with van der Waals surface area (Å²) in [5, 5.41) is 8.67. The Labute approximate surface area is 96.9 Å².